The molecule has 0 unspecified atom stereocenters. The van der Waals surface area contributed by atoms with Crippen LogP contribution in [0.25, 0.3) is 28.0 Å². The van der Waals surface area contributed by atoms with Gasteiger partial charge in [-0.2, -0.15) is 5.10 Å². The molecule has 0 aliphatic carbocycles. The van der Waals surface area contributed by atoms with Gasteiger partial charge in [0.25, 0.3) is 0 Å². The van der Waals surface area contributed by atoms with E-state index < -0.39 is 0 Å². The van der Waals surface area contributed by atoms with Crippen LogP contribution in [0.5, 0.6) is 11.5 Å². The molecule has 32 heavy (non-hydrogen) atoms. The van der Waals surface area contributed by atoms with Crippen LogP contribution in [0.3, 0.4) is 0 Å². The zero-order valence-corrected chi connectivity index (χ0v) is 17.6. The van der Waals surface area contributed by atoms with Gasteiger partial charge in [-0.15, -0.1) is 0 Å². The third-order valence-corrected chi connectivity index (χ3v) is 5.45. The lowest BCUT2D eigenvalue weighted by Gasteiger charge is -2.26. The Kier molecular flexibility index (Phi) is 5.03. The number of hydrogen-bond acceptors (Lipinski definition) is 6. The van der Waals surface area contributed by atoms with Crippen molar-refractivity contribution in [2.45, 2.75) is 13.3 Å². The van der Waals surface area contributed by atoms with Gasteiger partial charge in [0, 0.05) is 19.0 Å². The highest BCUT2D eigenvalue weighted by molar-refractivity contribution is 5.99. The molecule has 0 atom stereocenters. The first kappa shape index (κ1) is 19.7. The maximum Gasteiger partial charge on any atom is 0.219 e. The predicted molar refractivity (Wildman–Crippen MR) is 123 cm³/mol. The fourth-order valence-corrected chi connectivity index (χ4v) is 3.83. The maximum absolute atomic E-state index is 11.9. The number of anilines is 1. The van der Waals surface area contributed by atoms with Crippen molar-refractivity contribution in [3.63, 3.8) is 0 Å². The molecule has 5 rings (SSSR count). The smallest absolute Gasteiger partial charge is 0.219 e. The minimum absolute atomic E-state index is 0.0374. The number of carbonyl (C=O) groups is 1. The van der Waals surface area contributed by atoms with Crippen molar-refractivity contribution in [1.29, 1.82) is 0 Å². The summed E-state index contributed by atoms with van der Waals surface area (Å²) in [6.07, 6.45) is 4.28. The quantitative estimate of drug-likeness (QED) is 0.530. The van der Waals surface area contributed by atoms with Gasteiger partial charge in [-0.1, -0.05) is 24.3 Å². The second-order valence-electron chi connectivity index (χ2n) is 7.58. The molecular formula is C24H22N6O2. The largest absolute Gasteiger partial charge is 0.457 e. The number of ether oxygens (including phenoxy) is 1. The Hall–Kier alpha value is -4.20. The number of benzene rings is 2. The van der Waals surface area contributed by atoms with Gasteiger partial charge in [-0.05, 0) is 42.8 Å². The summed E-state index contributed by atoms with van der Waals surface area (Å²) in [7, 11) is 0. The van der Waals surface area contributed by atoms with Gasteiger partial charge < -0.3 is 15.4 Å². The lowest BCUT2D eigenvalue weighted by molar-refractivity contribution is -0.128. The Labute approximate surface area is 185 Å². The van der Waals surface area contributed by atoms with E-state index >= 15 is 0 Å². The summed E-state index contributed by atoms with van der Waals surface area (Å²) >= 11 is 0. The molecule has 2 N–H and O–H groups in total. The SMILES string of the molecule is CC(=O)N1CCC=C(n2nc(-c3ccc(Oc4ccccc4)cc3)c3c(N)ncnc32)C1. The van der Waals surface area contributed by atoms with Crippen molar-refractivity contribution in [2.24, 2.45) is 0 Å². The van der Waals surface area contributed by atoms with E-state index in [1.165, 1.54) is 6.33 Å². The molecule has 1 amide bonds. The highest BCUT2D eigenvalue weighted by Gasteiger charge is 2.22. The third-order valence-electron chi connectivity index (χ3n) is 5.45. The lowest BCUT2D eigenvalue weighted by atomic mass is 10.1. The van der Waals surface area contributed by atoms with Crippen molar-refractivity contribution in [1.82, 2.24) is 24.6 Å². The summed E-state index contributed by atoms with van der Waals surface area (Å²) < 4.78 is 7.66. The number of nitrogen functional groups attached to an aromatic ring is 1. The van der Waals surface area contributed by atoms with Gasteiger partial charge in [0.1, 0.15) is 29.3 Å². The molecular weight excluding hydrogens is 404 g/mol. The van der Waals surface area contributed by atoms with Gasteiger partial charge in [0.15, 0.2) is 5.65 Å². The summed E-state index contributed by atoms with van der Waals surface area (Å²) in [6, 6.07) is 17.3. The van der Waals surface area contributed by atoms with Crippen LogP contribution < -0.4 is 10.5 Å². The average molecular weight is 426 g/mol. The van der Waals surface area contributed by atoms with Gasteiger partial charge in [-0.25, -0.2) is 14.6 Å². The number of nitrogens with two attached hydrogens (primary N) is 1. The Morgan fingerprint density at radius 3 is 2.53 bits per heavy atom. The van der Waals surface area contributed by atoms with E-state index in [4.69, 9.17) is 15.6 Å². The van der Waals surface area contributed by atoms with Crippen molar-refractivity contribution in [2.75, 3.05) is 18.8 Å². The summed E-state index contributed by atoms with van der Waals surface area (Å²) in [4.78, 5) is 22.3. The van der Waals surface area contributed by atoms with Crippen LogP contribution in [0, 0.1) is 0 Å². The van der Waals surface area contributed by atoms with Crippen molar-refractivity contribution in [3.8, 4) is 22.8 Å². The van der Waals surface area contributed by atoms with Gasteiger partial charge in [0.2, 0.25) is 5.91 Å². The normalized spacial score (nSPS) is 13.8. The first-order valence-electron chi connectivity index (χ1n) is 10.4. The van der Waals surface area contributed by atoms with E-state index in [0.29, 0.717) is 35.6 Å². The summed E-state index contributed by atoms with van der Waals surface area (Å²) in [5, 5.41) is 5.52. The lowest BCUT2D eigenvalue weighted by Crippen LogP contribution is -2.34. The molecule has 2 aromatic heterocycles. The van der Waals surface area contributed by atoms with E-state index in [1.807, 2.05) is 54.6 Å². The van der Waals surface area contributed by atoms with Crippen LogP contribution in [0.1, 0.15) is 13.3 Å². The zero-order valence-electron chi connectivity index (χ0n) is 17.6. The van der Waals surface area contributed by atoms with Crippen molar-refractivity contribution < 1.29 is 9.53 Å². The first-order chi connectivity index (χ1) is 15.6. The number of fused-ring (bicyclic) bond motifs is 1. The average Bonchev–Trinajstić information content (AvgIpc) is 3.21. The molecule has 1 aliphatic rings. The Morgan fingerprint density at radius 2 is 1.78 bits per heavy atom. The van der Waals surface area contributed by atoms with Gasteiger partial charge in [-0.3, -0.25) is 4.79 Å². The van der Waals surface area contributed by atoms with Gasteiger partial charge >= 0.3 is 0 Å². The second-order valence-corrected chi connectivity index (χ2v) is 7.58. The summed E-state index contributed by atoms with van der Waals surface area (Å²) in [5.41, 5.74) is 9.30. The Bertz CT molecular complexity index is 1310. The molecule has 2 aromatic carbocycles. The Morgan fingerprint density at radius 1 is 1.03 bits per heavy atom. The molecule has 3 heterocycles. The van der Waals surface area contributed by atoms with E-state index in [-0.39, 0.29) is 5.91 Å². The number of nitrogens with zero attached hydrogens (tertiary/aromatic N) is 5. The van der Waals surface area contributed by atoms with Crippen LogP contribution in [0.4, 0.5) is 5.82 Å². The third kappa shape index (κ3) is 3.66. The fourth-order valence-electron chi connectivity index (χ4n) is 3.83. The summed E-state index contributed by atoms with van der Waals surface area (Å²) in [6.45, 7) is 2.75. The van der Waals surface area contributed by atoms with E-state index in [1.54, 1.807) is 16.5 Å². The minimum atomic E-state index is 0.0374. The molecule has 1 aliphatic heterocycles. The van der Waals surface area contributed by atoms with Crippen LogP contribution in [0.15, 0.2) is 67.0 Å². The topological polar surface area (TPSA) is 99.2 Å². The fraction of sp³-hybridized carbons (Fsp3) is 0.167. The standard InChI is InChI=1S/C24H22N6O2/c1-16(31)29-13-5-6-18(14-29)30-24-21(23(25)26-15-27-24)22(28-30)17-9-11-20(12-10-17)32-19-7-3-2-4-8-19/h2-4,6-12,15H,5,13-14H2,1H3,(H2,25,26,27). The first-order valence-corrected chi connectivity index (χ1v) is 10.4. The highest BCUT2D eigenvalue weighted by atomic mass is 16.5. The molecule has 8 nitrogen and oxygen atoms in total. The van der Waals surface area contributed by atoms with Crippen LogP contribution >= 0.6 is 0 Å². The van der Waals surface area contributed by atoms with Crippen molar-refractivity contribution >= 4 is 28.5 Å². The molecule has 0 saturated carbocycles. The second kappa shape index (κ2) is 8.14. The van der Waals surface area contributed by atoms with E-state index in [0.717, 1.165) is 29.2 Å². The molecule has 4 aromatic rings. The minimum Gasteiger partial charge on any atom is -0.457 e. The van der Waals surface area contributed by atoms with Crippen LogP contribution in [-0.2, 0) is 4.79 Å². The predicted octanol–water partition coefficient (Wildman–Crippen LogP) is 3.96. The molecule has 0 fully saturated rings. The zero-order chi connectivity index (χ0) is 22.1. The van der Waals surface area contributed by atoms with E-state index in [2.05, 4.69) is 16.0 Å². The maximum atomic E-state index is 11.9. The van der Waals surface area contributed by atoms with Gasteiger partial charge in [0.05, 0.1) is 17.6 Å². The van der Waals surface area contributed by atoms with Crippen molar-refractivity contribution in [3.05, 3.63) is 67.0 Å². The highest BCUT2D eigenvalue weighted by Crippen LogP contribution is 2.33. The molecule has 8 heteroatoms. The number of hydrogen-bond donors (Lipinski definition) is 1. The number of carbonyl (C=O) groups excluding carboxylic acids is 1. The van der Waals surface area contributed by atoms with E-state index in [9.17, 15) is 4.79 Å². The van der Waals surface area contributed by atoms with Crippen LogP contribution in [0.2, 0.25) is 0 Å². The molecule has 0 spiro atoms. The molecule has 0 bridgehead atoms. The van der Waals surface area contributed by atoms with Crippen LogP contribution in [-0.4, -0.2) is 43.6 Å². The summed E-state index contributed by atoms with van der Waals surface area (Å²) in [5.74, 6) is 1.89. The molecule has 0 saturated heterocycles. The molecule has 0 radical (unpaired) electrons. The number of aromatic nitrogens is 4. The molecule has 160 valence electrons. The number of para-hydroxylation sites is 1. The number of amides is 1. The monoisotopic (exact) mass is 426 g/mol. The Balaban J connectivity index is 1.53. The number of rotatable bonds is 4.